The predicted octanol–water partition coefficient (Wildman–Crippen LogP) is 1.54. The zero-order chi connectivity index (χ0) is 14.0. The Morgan fingerprint density at radius 3 is 2.68 bits per heavy atom. The molecule has 0 spiro atoms. The van der Waals surface area contributed by atoms with Gasteiger partial charge in [-0.15, -0.1) is 0 Å². The third kappa shape index (κ3) is 3.35. The first-order chi connectivity index (χ1) is 8.99. The van der Waals surface area contributed by atoms with Crippen LogP contribution in [0.3, 0.4) is 0 Å². The summed E-state index contributed by atoms with van der Waals surface area (Å²) in [6.07, 6.45) is 1.49. The van der Waals surface area contributed by atoms with Crippen LogP contribution in [0.1, 0.15) is 18.7 Å². The number of hydrogen-bond donors (Lipinski definition) is 1. The molecular formula is C13H17ClN2O2S. The van der Waals surface area contributed by atoms with Gasteiger partial charge >= 0.3 is 0 Å². The first-order valence-electron chi connectivity index (χ1n) is 6.09. The molecular weight excluding hydrogens is 284 g/mol. The van der Waals surface area contributed by atoms with Gasteiger partial charge < -0.3 is 4.90 Å². The predicted molar refractivity (Wildman–Crippen MR) is 77.4 cm³/mol. The molecule has 1 fully saturated rings. The van der Waals surface area contributed by atoms with E-state index in [0.29, 0.717) is 17.3 Å². The van der Waals surface area contributed by atoms with Crippen molar-refractivity contribution in [3.63, 3.8) is 0 Å². The van der Waals surface area contributed by atoms with E-state index >= 15 is 0 Å². The highest BCUT2D eigenvalue weighted by Gasteiger charge is 2.35. The summed E-state index contributed by atoms with van der Waals surface area (Å²) in [5, 5.41) is 3.85. The highest BCUT2D eigenvalue weighted by Crippen LogP contribution is 2.26. The zero-order valence-electron chi connectivity index (χ0n) is 10.9. The van der Waals surface area contributed by atoms with Crippen LogP contribution in [0, 0.1) is 0 Å². The number of nitrogens with one attached hydrogen (secondary N) is 1. The molecule has 1 heterocycles. The molecule has 0 saturated carbocycles. The summed E-state index contributed by atoms with van der Waals surface area (Å²) in [5.74, 6) is 0.523. The summed E-state index contributed by atoms with van der Waals surface area (Å²) in [6.45, 7) is 2.24. The van der Waals surface area contributed by atoms with E-state index in [1.165, 1.54) is 0 Å². The first kappa shape index (κ1) is 14.5. The van der Waals surface area contributed by atoms with E-state index in [9.17, 15) is 9.00 Å². The quantitative estimate of drug-likeness (QED) is 0.917. The van der Waals surface area contributed by atoms with Crippen molar-refractivity contribution in [3.8, 4) is 0 Å². The Labute approximate surface area is 120 Å². The van der Waals surface area contributed by atoms with Crippen LogP contribution in [0.15, 0.2) is 24.3 Å². The Morgan fingerprint density at radius 2 is 2.11 bits per heavy atom. The second-order valence-corrected chi connectivity index (χ2v) is 6.64. The third-order valence-corrected chi connectivity index (χ3v) is 4.35. The third-order valence-electron chi connectivity index (χ3n) is 3.15. The lowest BCUT2D eigenvalue weighted by Gasteiger charge is -2.30. The molecule has 1 aliphatic heterocycles. The van der Waals surface area contributed by atoms with Crippen molar-refractivity contribution in [3.05, 3.63) is 34.9 Å². The van der Waals surface area contributed by atoms with Gasteiger partial charge in [0.1, 0.15) is 6.17 Å². The van der Waals surface area contributed by atoms with E-state index in [1.807, 2.05) is 31.2 Å². The van der Waals surface area contributed by atoms with Crippen LogP contribution in [0.2, 0.25) is 5.02 Å². The molecule has 0 bridgehead atoms. The molecule has 104 valence electrons. The Bertz CT molecular complexity index is 492. The fraction of sp³-hybridized carbons (Fsp3) is 0.462. The standard InChI is InChI=1S/C13H17ClN2O2S/c1-9(8-19(2)18)16-12(17)7-15-13(16)10-3-5-11(14)6-4-10/h3-6,9,13,15H,7-8H2,1-2H3. The summed E-state index contributed by atoms with van der Waals surface area (Å²) in [5.41, 5.74) is 0.990. The van der Waals surface area contributed by atoms with Crippen molar-refractivity contribution >= 4 is 28.3 Å². The van der Waals surface area contributed by atoms with Crippen molar-refractivity contribution in [1.29, 1.82) is 0 Å². The maximum Gasteiger partial charge on any atom is 0.238 e. The highest BCUT2D eigenvalue weighted by molar-refractivity contribution is 7.84. The summed E-state index contributed by atoms with van der Waals surface area (Å²) in [7, 11) is -0.924. The van der Waals surface area contributed by atoms with Gasteiger partial charge in [0.05, 0.1) is 6.54 Å². The SMILES string of the molecule is CC(CS(C)=O)N1C(=O)CNC1c1ccc(Cl)cc1. The lowest BCUT2D eigenvalue weighted by molar-refractivity contribution is -0.129. The van der Waals surface area contributed by atoms with Crippen molar-refractivity contribution in [2.75, 3.05) is 18.6 Å². The molecule has 1 aromatic carbocycles. The maximum atomic E-state index is 12.0. The van der Waals surface area contributed by atoms with Crippen LogP contribution in [0.5, 0.6) is 0 Å². The van der Waals surface area contributed by atoms with Gasteiger partial charge in [0, 0.05) is 33.9 Å². The Morgan fingerprint density at radius 1 is 1.47 bits per heavy atom. The monoisotopic (exact) mass is 300 g/mol. The first-order valence-corrected chi connectivity index (χ1v) is 8.19. The van der Waals surface area contributed by atoms with E-state index in [2.05, 4.69) is 5.32 Å². The molecule has 1 N–H and O–H groups in total. The second kappa shape index (κ2) is 6.03. The Hall–Kier alpha value is -0.910. The molecule has 1 aliphatic rings. The number of nitrogens with zero attached hydrogens (tertiary/aromatic N) is 1. The molecule has 3 atom stereocenters. The average molecular weight is 301 g/mol. The van der Waals surface area contributed by atoms with Gasteiger partial charge in [-0.3, -0.25) is 14.3 Å². The molecule has 3 unspecified atom stereocenters. The smallest absolute Gasteiger partial charge is 0.238 e. The lowest BCUT2D eigenvalue weighted by Crippen LogP contribution is -2.40. The molecule has 1 amide bonds. The van der Waals surface area contributed by atoms with Crippen molar-refractivity contribution in [2.24, 2.45) is 0 Å². The molecule has 0 aliphatic carbocycles. The molecule has 0 aromatic heterocycles. The van der Waals surface area contributed by atoms with E-state index in [0.717, 1.165) is 5.56 Å². The van der Waals surface area contributed by atoms with E-state index < -0.39 is 10.8 Å². The van der Waals surface area contributed by atoms with Crippen LogP contribution in [0.25, 0.3) is 0 Å². The molecule has 2 rings (SSSR count). The van der Waals surface area contributed by atoms with E-state index in [1.54, 1.807) is 11.2 Å². The van der Waals surface area contributed by atoms with Crippen molar-refractivity contribution < 1.29 is 9.00 Å². The molecule has 19 heavy (non-hydrogen) atoms. The molecule has 1 saturated heterocycles. The van der Waals surface area contributed by atoms with Gasteiger partial charge in [0.15, 0.2) is 0 Å². The van der Waals surface area contributed by atoms with Crippen LogP contribution in [-0.2, 0) is 15.6 Å². The summed E-state index contributed by atoms with van der Waals surface area (Å²) in [6, 6.07) is 7.36. The van der Waals surface area contributed by atoms with Crippen LogP contribution in [-0.4, -0.2) is 39.6 Å². The maximum absolute atomic E-state index is 12.0. The van der Waals surface area contributed by atoms with Crippen LogP contribution in [0.4, 0.5) is 0 Å². The fourth-order valence-corrected chi connectivity index (χ4v) is 3.33. The zero-order valence-corrected chi connectivity index (χ0v) is 12.5. The van der Waals surface area contributed by atoms with Gasteiger partial charge in [0.2, 0.25) is 5.91 Å². The highest BCUT2D eigenvalue weighted by atomic mass is 35.5. The summed E-state index contributed by atoms with van der Waals surface area (Å²) >= 11 is 5.87. The van der Waals surface area contributed by atoms with Crippen LogP contribution < -0.4 is 5.32 Å². The van der Waals surface area contributed by atoms with E-state index in [4.69, 9.17) is 11.6 Å². The minimum atomic E-state index is -0.924. The fourth-order valence-electron chi connectivity index (χ4n) is 2.36. The minimum Gasteiger partial charge on any atom is -0.318 e. The molecule has 6 heteroatoms. The Kier molecular flexibility index (Phi) is 4.60. The molecule has 4 nitrogen and oxygen atoms in total. The van der Waals surface area contributed by atoms with Crippen molar-refractivity contribution in [2.45, 2.75) is 19.1 Å². The second-order valence-electron chi connectivity index (χ2n) is 4.72. The summed E-state index contributed by atoms with van der Waals surface area (Å²) in [4.78, 5) is 13.8. The average Bonchev–Trinajstić information content (AvgIpc) is 2.71. The number of rotatable bonds is 4. The number of carbonyl (C=O) groups is 1. The number of carbonyl (C=O) groups excluding carboxylic acids is 1. The minimum absolute atomic E-state index is 0.0397. The number of amides is 1. The van der Waals surface area contributed by atoms with Gasteiger partial charge in [0.25, 0.3) is 0 Å². The lowest BCUT2D eigenvalue weighted by atomic mass is 10.1. The van der Waals surface area contributed by atoms with Crippen molar-refractivity contribution in [1.82, 2.24) is 10.2 Å². The Balaban J connectivity index is 2.21. The summed E-state index contributed by atoms with van der Waals surface area (Å²) < 4.78 is 11.3. The normalized spacial score (nSPS) is 22.6. The van der Waals surface area contributed by atoms with Gasteiger partial charge in [-0.2, -0.15) is 0 Å². The largest absolute Gasteiger partial charge is 0.318 e. The van der Waals surface area contributed by atoms with E-state index in [-0.39, 0.29) is 18.1 Å². The van der Waals surface area contributed by atoms with Gasteiger partial charge in [-0.25, -0.2) is 0 Å². The molecule has 1 aromatic rings. The number of hydrogen-bond acceptors (Lipinski definition) is 3. The van der Waals surface area contributed by atoms with Gasteiger partial charge in [-0.1, -0.05) is 23.7 Å². The van der Waals surface area contributed by atoms with Gasteiger partial charge in [-0.05, 0) is 24.6 Å². The number of halogens is 1. The van der Waals surface area contributed by atoms with Crippen LogP contribution >= 0.6 is 11.6 Å². The number of benzene rings is 1. The topological polar surface area (TPSA) is 49.4 Å². The molecule has 0 radical (unpaired) electrons.